The second-order valence-electron chi connectivity index (χ2n) is 7.17. The summed E-state index contributed by atoms with van der Waals surface area (Å²) >= 11 is 0. The molecule has 1 atom stereocenters. The van der Waals surface area contributed by atoms with Gasteiger partial charge in [-0.15, -0.1) is 0 Å². The number of rotatable bonds is 4. The lowest BCUT2D eigenvalue weighted by atomic mass is 9.96. The van der Waals surface area contributed by atoms with Crippen LogP contribution in [0.3, 0.4) is 0 Å². The first-order valence-electron chi connectivity index (χ1n) is 9.31. The van der Waals surface area contributed by atoms with Crippen LogP contribution >= 0.6 is 0 Å². The number of imidazole rings is 1. The Labute approximate surface area is 158 Å². The number of amides is 1. The second kappa shape index (κ2) is 7.34. The fourth-order valence-electron chi connectivity index (χ4n) is 3.85. The highest BCUT2D eigenvalue weighted by Crippen LogP contribution is 2.27. The van der Waals surface area contributed by atoms with Gasteiger partial charge in [-0.2, -0.15) is 5.10 Å². The molecule has 0 spiro atoms. The molecule has 27 heavy (non-hydrogen) atoms. The van der Waals surface area contributed by atoms with Crippen LogP contribution in [-0.4, -0.2) is 48.2 Å². The first kappa shape index (κ1) is 17.5. The van der Waals surface area contributed by atoms with Gasteiger partial charge in [0.15, 0.2) is 0 Å². The van der Waals surface area contributed by atoms with Gasteiger partial charge in [-0.1, -0.05) is 6.07 Å². The van der Waals surface area contributed by atoms with Crippen LogP contribution in [0.2, 0.25) is 0 Å². The lowest BCUT2D eigenvalue weighted by Crippen LogP contribution is -2.40. The number of likely N-dealkylation sites (tertiary alicyclic amines) is 1. The SMILES string of the molecule is Cc1nn(C)cc1C(=O)N1CCC[C@@H](c2nccn2Cc2cccnc2)C1. The van der Waals surface area contributed by atoms with Crippen molar-refractivity contribution in [2.45, 2.75) is 32.2 Å². The van der Waals surface area contributed by atoms with Crippen molar-refractivity contribution < 1.29 is 4.79 Å². The Balaban J connectivity index is 1.51. The van der Waals surface area contributed by atoms with E-state index in [1.54, 1.807) is 10.9 Å². The fraction of sp³-hybridized carbons (Fsp3) is 0.400. The lowest BCUT2D eigenvalue weighted by Gasteiger charge is -2.32. The standard InChI is InChI=1S/C20H24N6O/c1-15-18(14-24(2)23-15)20(27)26-9-4-6-17(13-26)19-22-8-10-25(19)12-16-5-3-7-21-11-16/h3,5,7-8,10-11,14,17H,4,6,9,12-13H2,1-2H3/t17-/m1/s1. The largest absolute Gasteiger partial charge is 0.338 e. The molecule has 3 aromatic rings. The molecule has 1 fully saturated rings. The molecule has 1 amide bonds. The van der Waals surface area contributed by atoms with Crippen molar-refractivity contribution in [2.75, 3.05) is 13.1 Å². The van der Waals surface area contributed by atoms with Crippen LogP contribution in [0, 0.1) is 6.92 Å². The zero-order valence-electron chi connectivity index (χ0n) is 15.7. The number of hydrogen-bond acceptors (Lipinski definition) is 4. The molecule has 0 unspecified atom stereocenters. The van der Waals surface area contributed by atoms with Crippen molar-refractivity contribution in [2.24, 2.45) is 7.05 Å². The van der Waals surface area contributed by atoms with Gasteiger partial charge in [0, 0.05) is 57.0 Å². The third kappa shape index (κ3) is 3.63. The molecule has 1 aliphatic heterocycles. The van der Waals surface area contributed by atoms with E-state index in [4.69, 9.17) is 0 Å². The van der Waals surface area contributed by atoms with E-state index in [1.807, 2.05) is 49.7 Å². The third-order valence-electron chi connectivity index (χ3n) is 5.14. The Hall–Kier alpha value is -2.96. The molecule has 0 N–H and O–H groups in total. The third-order valence-corrected chi connectivity index (χ3v) is 5.14. The van der Waals surface area contributed by atoms with Gasteiger partial charge in [-0.25, -0.2) is 4.98 Å². The van der Waals surface area contributed by atoms with E-state index in [1.165, 1.54) is 0 Å². The van der Waals surface area contributed by atoms with Gasteiger partial charge in [0.2, 0.25) is 0 Å². The number of hydrogen-bond donors (Lipinski definition) is 0. The van der Waals surface area contributed by atoms with Gasteiger partial charge >= 0.3 is 0 Å². The molecule has 4 heterocycles. The van der Waals surface area contributed by atoms with E-state index in [0.717, 1.165) is 43.0 Å². The highest BCUT2D eigenvalue weighted by Gasteiger charge is 2.29. The summed E-state index contributed by atoms with van der Waals surface area (Å²) in [6, 6.07) is 4.02. The van der Waals surface area contributed by atoms with Gasteiger partial charge < -0.3 is 9.47 Å². The van der Waals surface area contributed by atoms with Crippen LogP contribution in [0.15, 0.2) is 43.1 Å². The molecule has 0 bridgehead atoms. The van der Waals surface area contributed by atoms with E-state index in [-0.39, 0.29) is 11.8 Å². The predicted molar refractivity (Wildman–Crippen MR) is 101 cm³/mol. The number of carbonyl (C=O) groups is 1. The zero-order chi connectivity index (χ0) is 18.8. The molecule has 0 aromatic carbocycles. The van der Waals surface area contributed by atoms with Crippen molar-refractivity contribution in [1.82, 2.24) is 29.2 Å². The van der Waals surface area contributed by atoms with Crippen molar-refractivity contribution >= 4 is 5.91 Å². The molecule has 7 heteroatoms. The molecule has 140 valence electrons. The molecule has 7 nitrogen and oxygen atoms in total. The summed E-state index contributed by atoms with van der Waals surface area (Å²) in [7, 11) is 1.85. The number of piperidine rings is 1. The van der Waals surface area contributed by atoms with Gasteiger partial charge in [-0.3, -0.25) is 14.5 Å². The normalized spacial score (nSPS) is 17.3. The maximum absolute atomic E-state index is 13.0. The van der Waals surface area contributed by atoms with Gasteiger partial charge in [0.25, 0.3) is 5.91 Å². The average molecular weight is 364 g/mol. The molecule has 0 saturated carbocycles. The maximum atomic E-state index is 13.0. The lowest BCUT2D eigenvalue weighted by molar-refractivity contribution is 0.0702. The van der Waals surface area contributed by atoms with Gasteiger partial charge in [-0.05, 0) is 31.4 Å². The number of aryl methyl sites for hydroxylation is 2. The van der Waals surface area contributed by atoms with Crippen LogP contribution in [0.5, 0.6) is 0 Å². The van der Waals surface area contributed by atoms with Gasteiger partial charge in [0.1, 0.15) is 5.82 Å². The minimum atomic E-state index is 0.0654. The van der Waals surface area contributed by atoms with Crippen LogP contribution in [0.25, 0.3) is 0 Å². The molecule has 1 saturated heterocycles. The van der Waals surface area contributed by atoms with Crippen molar-refractivity contribution in [3.05, 3.63) is 65.8 Å². The summed E-state index contributed by atoms with van der Waals surface area (Å²) < 4.78 is 3.87. The molecule has 1 aliphatic rings. The summed E-state index contributed by atoms with van der Waals surface area (Å²) in [4.78, 5) is 23.7. The summed E-state index contributed by atoms with van der Waals surface area (Å²) in [6.07, 6.45) is 11.3. The predicted octanol–water partition coefficient (Wildman–Crippen LogP) is 2.39. The summed E-state index contributed by atoms with van der Waals surface area (Å²) in [5.74, 6) is 1.35. The highest BCUT2D eigenvalue weighted by molar-refractivity contribution is 5.95. The van der Waals surface area contributed by atoms with E-state index in [0.29, 0.717) is 12.1 Å². The quantitative estimate of drug-likeness (QED) is 0.713. The minimum Gasteiger partial charge on any atom is -0.338 e. The fourth-order valence-corrected chi connectivity index (χ4v) is 3.85. The monoisotopic (exact) mass is 364 g/mol. The number of nitrogens with zero attached hydrogens (tertiary/aromatic N) is 6. The van der Waals surface area contributed by atoms with Crippen molar-refractivity contribution in [1.29, 1.82) is 0 Å². The number of carbonyl (C=O) groups excluding carboxylic acids is 1. The molecule has 0 aliphatic carbocycles. The van der Waals surface area contributed by atoms with Crippen molar-refractivity contribution in [3.63, 3.8) is 0 Å². The van der Waals surface area contributed by atoms with E-state index in [2.05, 4.69) is 25.7 Å². The summed E-state index contributed by atoms with van der Waals surface area (Å²) in [5, 5.41) is 4.30. The smallest absolute Gasteiger partial charge is 0.257 e. The van der Waals surface area contributed by atoms with Crippen molar-refractivity contribution in [3.8, 4) is 0 Å². The Bertz CT molecular complexity index is 929. The van der Waals surface area contributed by atoms with E-state index < -0.39 is 0 Å². The molecule has 0 radical (unpaired) electrons. The molecular weight excluding hydrogens is 340 g/mol. The minimum absolute atomic E-state index is 0.0654. The first-order chi connectivity index (χ1) is 13.1. The number of aromatic nitrogens is 5. The Morgan fingerprint density at radius 1 is 1.33 bits per heavy atom. The summed E-state index contributed by atoms with van der Waals surface area (Å²) in [5.41, 5.74) is 2.62. The molecule has 4 rings (SSSR count). The Kier molecular flexibility index (Phi) is 4.75. The summed E-state index contributed by atoms with van der Waals surface area (Å²) in [6.45, 7) is 4.11. The van der Waals surface area contributed by atoms with E-state index >= 15 is 0 Å². The first-order valence-corrected chi connectivity index (χ1v) is 9.31. The van der Waals surface area contributed by atoms with Crippen LogP contribution in [0.4, 0.5) is 0 Å². The second-order valence-corrected chi connectivity index (χ2v) is 7.17. The zero-order valence-corrected chi connectivity index (χ0v) is 15.7. The topological polar surface area (TPSA) is 68.8 Å². The highest BCUT2D eigenvalue weighted by atomic mass is 16.2. The molecule has 3 aromatic heterocycles. The number of pyridine rings is 1. The maximum Gasteiger partial charge on any atom is 0.257 e. The Morgan fingerprint density at radius 2 is 2.22 bits per heavy atom. The van der Waals surface area contributed by atoms with Crippen LogP contribution in [-0.2, 0) is 13.6 Å². The average Bonchev–Trinajstić information content (AvgIpc) is 3.28. The van der Waals surface area contributed by atoms with Gasteiger partial charge in [0.05, 0.1) is 17.8 Å². The van der Waals surface area contributed by atoms with Crippen LogP contribution in [0.1, 0.15) is 46.2 Å². The molecular formula is C20H24N6O. The Morgan fingerprint density at radius 3 is 2.96 bits per heavy atom. The van der Waals surface area contributed by atoms with Crippen LogP contribution < -0.4 is 0 Å². The van der Waals surface area contributed by atoms with E-state index in [9.17, 15) is 4.79 Å².